The van der Waals surface area contributed by atoms with Gasteiger partial charge in [0.25, 0.3) is 10.0 Å². The summed E-state index contributed by atoms with van der Waals surface area (Å²) in [5, 5.41) is 2.89. The number of benzene rings is 3. The van der Waals surface area contributed by atoms with Crippen LogP contribution in [0.15, 0.2) is 88.7 Å². The second kappa shape index (κ2) is 13.7. The molecule has 208 valence electrons. The van der Waals surface area contributed by atoms with Crippen molar-refractivity contribution in [3.05, 3.63) is 90.0 Å². The smallest absolute Gasteiger partial charge is 0.264 e. The highest BCUT2D eigenvalue weighted by Gasteiger charge is 2.32. The van der Waals surface area contributed by atoms with Crippen LogP contribution >= 0.6 is 11.8 Å². The summed E-state index contributed by atoms with van der Waals surface area (Å²) in [6, 6.07) is 22.1. The van der Waals surface area contributed by atoms with Crippen LogP contribution in [0, 0.1) is 12.8 Å². The summed E-state index contributed by atoms with van der Waals surface area (Å²) < 4.78 is 28.9. The zero-order valence-electron chi connectivity index (χ0n) is 23.1. The van der Waals surface area contributed by atoms with Crippen LogP contribution in [-0.2, 0) is 26.2 Å². The lowest BCUT2D eigenvalue weighted by Gasteiger charge is -2.32. The predicted molar refractivity (Wildman–Crippen MR) is 158 cm³/mol. The first-order valence-electron chi connectivity index (χ1n) is 12.9. The van der Waals surface area contributed by atoms with Gasteiger partial charge in [0, 0.05) is 18.0 Å². The van der Waals surface area contributed by atoms with Gasteiger partial charge in [-0.3, -0.25) is 13.9 Å². The Morgan fingerprint density at radius 2 is 1.51 bits per heavy atom. The SMILES string of the molecule is CSc1ccc(S(=O)(=O)N(CC(=O)N(Cc2ccccc2)C(C)C(=O)NCC(C)C)c2ccc(C)cc2)cc1. The molecule has 0 spiro atoms. The second-order valence-corrected chi connectivity index (χ2v) is 12.6. The van der Waals surface area contributed by atoms with Gasteiger partial charge in [-0.15, -0.1) is 11.8 Å². The van der Waals surface area contributed by atoms with Crippen molar-refractivity contribution < 1.29 is 18.0 Å². The molecule has 9 heteroatoms. The van der Waals surface area contributed by atoms with E-state index in [1.807, 2.05) is 69.5 Å². The Bertz CT molecular complexity index is 1340. The maximum Gasteiger partial charge on any atom is 0.264 e. The average molecular weight is 568 g/mol. The third-order valence-electron chi connectivity index (χ3n) is 6.30. The lowest BCUT2D eigenvalue weighted by molar-refractivity contribution is -0.139. The number of carbonyl (C=O) groups excluding carboxylic acids is 2. The maximum atomic E-state index is 13.9. The Labute approximate surface area is 236 Å². The fourth-order valence-electron chi connectivity index (χ4n) is 3.93. The molecule has 3 aromatic carbocycles. The van der Waals surface area contributed by atoms with Crippen LogP contribution in [0.3, 0.4) is 0 Å². The molecule has 0 aliphatic rings. The molecule has 0 aliphatic heterocycles. The Balaban J connectivity index is 1.99. The Morgan fingerprint density at radius 1 is 0.897 bits per heavy atom. The van der Waals surface area contributed by atoms with E-state index in [0.29, 0.717) is 12.2 Å². The van der Waals surface area contributed by atoms with E-state index < -0.39 is 28.5 Å². The van der Waals surface area contributed by atoms with Crippen LogP contribution in [0.2, 0.25) is 0 Å². The van der Waals surface area contributed by atoms with Gasteiger partial charge in [0.15, 0.2) is 0 Å². The van der Waals surface area contributed by atoms with E-state index in [9.17, 15) is 18.0 Å². The van der Waals surface area contributed by atoms with E-state index in [-0.39, 0.29) is 23.3 Å². The standard InChI is InChI=1S/C30H37N3O4S2/c1-22(2)19-31-30(35)24(4)32(20-25-9-7-6-8-10-25)29(34)21-33(26-13-11-23(3)12-14-26)39(36,37)28-17-15-27(38-5)16-18-28/h6-18,22,24H,19-21H2,1-5H3,(H,31,35). The number of aryl methyl sites for hydroxylation is 1. The molecule has 0 bridgehead atoms. The van der Waals surface area contributed by atoms with E-state index in [2.05, 4.69) is 5.32 Å². The second-order valence-electron chi connectivity index (χ2n) is 9.84. The minimum atomic E-state index is -4.08. The number of amides is 2. The molecule has 1 unspecified atom stereocenters. The van der Waals surface area contributed by atoms with Crippen LogP contribution in [0.5, 0.6) is 0 Å². The molecule has 0 fully saturated rings. The summed E-state index contributed by atoms with van der Waals surface area (Å²) in [7, 11) is -4.08. The van der Waals surface area contributed by atoms with E-state index in [0.717, 1.165) is 20.3 Å². The van der Waals surface area contributed by atoms with Crippen molar-refractivity contribution in [1.29, 1.82) is 0 Å². The average Bonchev–Trinajstić information content (AvgIpc) is 2.93. The first-order chi connectivity index (χ1) is 18.5. The topological polar surface area (TPSA) is 86.8 Å². The molecule has 2 amide bonds. The van der Waals surface area contributed by atoms with Crippen molar-refractivity contribution in [1.82, 2.24) is 10.2 Å². The lowest BCUT2D eigenvalue weighted by Crippen LogP contribution is -2.51. The van der Waals surface area contributed by atoms with Gasteiger partial charge in [-0.25, -0.2) is 8.42 Å². The number of hydrogen-bond donors (Lipinski definition) is 1. The highest BCUT2D eigenvalue weighted by molar-refractivity contribution is 7.98. The van der Waals surface area contributed by atoms with Gasteiger partial charge < -0.3 is 10.2 Å². The molecule has 7 nitrogen and oxygen atoms in total. The number of thioether (sulfide) groups is 1. The summed E-state index contributed by atoms with van der Waals surface area (Å²) in [6.45, 7) is 7.76. The van der Waals surface area contributed by atoms with Gasteiger partial charge in [-0.05, 0) is 68.0 Å². The predicted octanol–water partition coefficient (Wildman–Crippen LogP) is 5.10. The summed E-state index contributed by atoms with van der Waals surface area (Å²) in [4.78, 5) is 29.4. The third-order valence-corrected chi connectivity index (χ3v) is 8.83. The van der Waals surface area contributed by atoms with Crippen LogP contribution < -0.4 is 9.62 Å². The van der Waals surface area contributed by atoms with E-state index >= 15 is 0 Å². The first kappa shape index (κ1) is 30.2. The van der Waals surface area contributed by atoms with Crippen molar-refractivity contribution in [3.63, 3.8) is 0 Å². The minimum absolute atomic E-state index is 0.0889. The van der Waals surface area contributed by atoms with Crippen molar-refractivity contribution in [2.45, 2.75) is 50.1 Å². The summed E-state index contributed by atoms with van der Waals surface area (Å²) in [6.07, 6.45) is 1.92. The first-order valence-corrected chi connectivity index (χ1v) is 15.5. The molecule has 0 aliphatic carbocycles. The van der Waals surface area contributed by atoms with Crippen LogP contribution in [0.4, 0.5) is 5.69 Å². The zero-order chi connectivity index (χ0) is 28.6. The number of carbonyl (C=O) groups is 2. The molecular weight excluding hydrogens is 530 g/mol. The molecule has 1 atom stereocenters. The van der Waals surface area contributed by atoms with E-state index in [1.165, 1.54) is 16.7 Å². The molecule has 1 N–H and O–H groups in total. The van der Waals surface area contributed by atoms with Crippen molar-refractivity contribution in [2.24, 2.45) is 5.92 Å². The zero-order valence-corrected chi connectivity index (χ0v) is 24.8. The number of rotatable bonds is 12. The molecule has 39 heavy (non-hydrogen) atoms. The highest BCUT2D eigenvalue weighted by Crippen LogP contribution is 2.26. The molecule has 0 aromatic heterocycles. The van der Waals surface area contributed by atoms with Gasteiger partial charge in [-0.2, -0.15) is 0 Å². The van der Waals surface area contributed by atoms with Crippen LogP contribution in [0.1, 0.15) is 31.9 Å². The molecule has 0 heterocycles. The van der Waals surface area contributed by atoms with Crippen LogP contribution in [-0.4, -0.2) is 50.5 Å². The van der Waals surface area contributed by atoms with Gasteiger partial charge in [0.2, 0.25) is 11.8 Å². The Morgan fingerprint density at radius 3 is 2.08 bits per heavy atom. The van der Waals surface area contributed by atoms with Gasteiger partial charge >= 0.3 is 0 Å². The van der Waals surface area contributed by atoms with Gasteiger partial charge in [0.05, 0.1) is 10.6 Å². The van der Waals surface area contributed by atoms with Gasteiger partial charge in [-0.1, -0.05) is 61.9 Å². The monoisotopic (exact) mass is 567 g/mol. The molecule has 0 saturated carbocycles. The molecule has 0 saturated heterocycles. The molecule has 0 radical (unpaired) electrons. The number of nitrogens with zero attached hydrogens (tertiary/aromatic N) is 2. The summed E-state index contributed by atoms with van der Waals surface area (Å²) in [5.74, 6) is -0.514. The summed E-state index contributed by atoms with van der Waals surface area (Å²) >= 11 is 1.51. The van der Waals surface area contributed by atoms with Crippen molar-refractivity contribution >= 4 is 39.3 Å². The fraction of sp³-hybridized carbons (Fsp3) is 0.333. The van der Waals surface area contributed by atoms with E-state index in [1.54, 1.807) is 43.3 Å². The molecule has 3 rings (SSSR count). The largest absolute Gasteiger partial charge is 0.354 e. The lowest BCUT2D eigenvalue weighted by atomic mass is 10.1. The fourth-order valence-corrected chi connectivity index (χ4v) is 5.75. The van der Waals surface area contributed by atoms with Gasteiger partial charge in [0.1, 0.15) is 12.6 Å². The number of sulfonamides is 1. The third kappa shape index (κ3) is 8.10. The van der Waals surface area contributed by atoms with Crippen LogP contribution in [0.25, 0.3) is 0 Å². The minimum Gasteiger partial charge on any atom is -0.354 e. The summed E-state index contributed by atoms with van der Waals surface area (Å²) in [5.41, 5.74) is 2.18. The molecular formula is C30H37N3O4S2. The van der Waals surface area contributed by atoms with Crippen molar-refractivity contribution in [3.8, 4) is 0 Å². The number of nitrogens with one attached hydrogen (secondary N) is 1. The Kier molecular flexibility index (Phi) is 10.6. The maximum absolute atomic E-state index is 13.9. The Hall–Kier alpha value is -3.30. The van der Waals surface area contributed by atoms with Crippen molar-refractivity contribution in [2.75, 3.05) is 23.7 Å². The normalized spacial score (nSPS) is 12.2. The highest BCUT2D eigenvalue weighted by atomic mass is 32.2. The quantitative estimate of drug-likeness (QED) is 0.308. The number of anilines is 1. The molecule has 3 aromatic rings. The van der Waals surface area contributed by atoms with E-state index in [4.69, 9.17) is 0 Å². The number of hydrogen-bond acceptors (Lipinski definition) is 5.